The zero-order chi connectivity index (χ0) is 27.2. The van der Waals surface area contributed by atoms with Crippen molar-refractivity contribution in [1.82, 2.24) is 4.90 Å². The molecule has 0 spiro atoms. The highest BCUT2D eigenvalue weighted by atomic mass is 79.9. The van der Waals surface area contributed by atoms with Crippen LogP contribution in [0.15, 0.2) is 64.0 Å². The minimum absolute atomic E-state index is 0.157. The van der Waals surface area contributed by atoms with E-state index in [2.05, 4.69) is 15.9 Å². The smallest absolute Gasteiger partial charge is 0.293 e. The van der Waals surface area contributed by atoms with Gasteiger partial charge in [0.1, 0.15) is 19.0 Å². The number of benzene rings is 3. The first-order valence-corrected chi connectivity index (χ1v) is 14.1. The molecule has 1 aliphatic rings. The van der Waals surface area contributed by atoms with Crippen molar-refractivity contribution in [2.45, 2.75) is 20.5 Å². The lowest BCUT2D eigenvalue weighted by molar-refractivity contribution is -0.123. The van der Waals surface area contributed by atoms with Crippen LogP contribution in [0.1, 0.15) is 23.6 Å². The predicted octanol–water partition coefficient (Wildman–Crippen LogP) is 8.16. The number of hydrogen-bond donors (Lipinski definition) is 0. The highest BCUT2D eigenvalue weighted by Gasteiger charge is 2.35. The average Bonchev–Trinajstić information content (AvgIpc) is 3.12. The first kappa shape index (κ1) is 28.4. The molecule has 1 saturated heterocycles. The number of thioether (sulfide) groups is 1. The van der Waals surface area contributed by atoms with E-state index in [-0.39, 0.29) is 30.9 Å². The SMILES string of the molecule is CCOc1cc(/C=C2\SC(=O)N(CCOc3cccc(C)c3)C2=O)cc(Br)c1OCc1ccc(Cl)cc1Cl. The molecule has 2 amide bonds. The van der Waals surface area contributed by atoms with Gasteiger partial charge < -0.3 is 14.2 Å². The summed E-state index contributed by atoms with van der Waals surface area (Å²) in [5, 5.41) is 0.712. The van der Waals surface area contributed by atoms with Crippen molar-refractivity contribution in [2.75, 3.05) is 19.8 Å². The molecule has 38 heavy (non-hydrogen) atoms. The first-order valence-electron chi connectivity index (χ1n) is 11.7. The Morgan fingerprint density at radius 3 is 2.58 bits per heavy atom. The highest BCUT2D eigenvalue weighted by molar-refractivity contribution is 9.10. The standard InChI is InChI=1S/C28H24BrCl2NO5S/c1-3-35-24-13-18(12-22(29)26(24)37-16-19-7-8-20(30)15-23(19)31)14-25-27(33)32(28(34)38-25)9-10-36-21-6-4-5-17(2)11-21/h4-8,11-15H,3,9-10,16H2,1-2H3/b25-14-. The van der Waals surface area contributed by atoms with Gasteiger partial charge >= 0.3 is 0 Å². The van der Waals surface area contributed by atoms with Crippen molar-refractivity contribution in [3.63, 3.8) is 0 Å². The van der Waals surface area contributed by atoms with Crippen LogP contribution in [0, 0.1) is 6.92 Å². The fourth-order valence-corrected chi connectivity index (χ4v) is 5.57. The zero-order valence-corrected chi connectivity index (χ0v) is 24.5. The van der Waals surface area contributed by atoms with Gasteiger partial charge in [0, 0.05) is 15.6 Å². The monoisotopic (exact) mass is 635 g/mol. The number of aryl methyl sites for hydroxylation is 1. The topological polar surface area (TPSA) is 65.1 Å². The van der Waals surface area contributed by atoms with E-state index in [1.807, 2.05) is 38.1 Å². The molecular weight excluding hydrogens is 613 g/mol. The van der Waals surface area contributed by atoms with Crippen LogP contribution in [-0.4, -0.2) is 35.8 Å². The number of ether oxygens (including phenoxy) is 3. The molecule has 1 aliphatic heterocycles. The van der Waals surface area contributed by atoms with Gasteiger partial charge in [-0.3, -0.25) is 14.5 Å². The fraction of sp³-hybridized carbons (Fsp3) is 0.214. The maximum absolute atomic E-state index is 13.0. The molecule has 1 heterocycles. The zero-order valence-electron chi connectivity index (χ0n) is 20.6. The third-order valence-electron chi connectivity index (χ3n) is 5.46. The molecule has 0 bridgehead atoms. The Morgan fingerprint density at radius 1 is 1.03 bits per heavy atom. The Bertz CT molecular complexity index is 1400. The first-order chi connectivity index (χ1) is 18.2. The van der Waals surface area contributed by atoms with Crippen molar-refractivity contribution < 1.29 is 23.8 Å². The third-order valence-corrected chi connectivity index (χ3v) is 7.55. The second-order valence-electron chi connectivity index (χ2n) is 8.29. The largest absolute Gasteiger partial charge is 0.492 e. The molecule has 0 saturated carbocycles. The van der Waals surface area contributed by atoms with Gasteiger partial charge in [-0.25, -0.2) is 0 Å². The summed E-state index contributed by atoms with van der Waals surface area (Å²) in [6.07, 6.45) is 1.67. The van der Waals surface area contributed by atoms with Gasteiger partial charge in [0.05, 0.1) is 22.5 Å². The number of hydrogen-bond acceptors (Lipinski definition) is 6. The third kappa shape index (κ3) is 7.05. The van der Waals surface area contributed by atoms with E-state index in [0.29, 0.717) is 48.8 Å². The second-order valence-corrected chi connectivity index (χ2v) is 11.0. The van der Waals surface area contributed by atoms with E-state index in [9.17, 15) is 9.59 Å². The quantitative estimate of drug-likeness (QED) is 0.209. The molecule has 0 aliphatic carbocycles. The maximum atomic E-state index is 13.0. The Morgan fingerprint density at radius 2 is 1.84 bits per heavy atom. The van der Waals surface area contributed by atoms with Gasteiger partial charge in [-0.2, -0.15) is 0 Å². The number of rotatable bonds is 10. The van der Waals surface area contributed by atoms with E-state index in [1.165, 1.54) is 4.90 Å². The lowest BCUT2D eigenvalue weighted by Gasteiger charge is -2.15. The number of halogens is 3. The van der Waals surface area contributed by atoms with Crippen molar-refractivity contribution in [2.24, 2.45) is 0 Å². The summed E-state index contributed by atoms with van der Waals surface area (Å²) in [7, 11) is 0. The lowest BCUT2D eigenvalue weighted by Crippen LogP contribution is -2.32. The van der Waals surface area contributed by atoms with Crippen LogP contribution in [-0.2, 0) is 11.4 Å². The van der Waals surface area contributed by atoms with Gasteiger partial charge in [0.25, 0.3) is 11.1 Å². The van der Waals surface area contributed by atoms with Crippen molar-refractivity contribution in [3.8, 4) is 17.2 Å². The van der Waals surface area contributed by atoms with Crippen molar-refractivity contribution >= 4 is 68.1 Å². The second kappa shape index (κ2) is 12.9. The lowest BCUT2D eigenvalue weighted by atomic mass is 10.1. The summed E-state index contributed by atoms with van der Waals surface area (Å²) in [5.41, 5.74) is 2.52. The summed E-state index contributed by atoms with van der Waals surface area (Å²) < 4.78 is 18.2. The van der Waals surface area contributed by atoms with Crippen LogP contribution in [0.5, 0.6) is 17.2 Å². The molecule has 1 fully saturated rings. The van der Waals surface area contributed by atoms with Crippen molar-refractivity contribution in [1.29, 1.82) is 0 Å². The van der Waals surface area contributed by atoms with Crippen LogP contribution < -0.4 is 14.2 Å². The molecule has 0 radical (unpaired) electrons. The van der Waals surface area contributed by atoms with E-state index >= 15 is 0 Å². The number of carbonyl (C=O) groups is 2. The number of imide groups is 1. The normalized spacial score (nSPS) is 14.3. The summed E-state index contributed by atoms with van der Waals surface area (Å²) in [4.78, 5) is 27.0. The van der Waals surface area contributed by atoms with Crippen LogP contribution in [0.4, 0.5) is 4.79 Å². The summed E-state index contributed by atoms with van der Waals surface area (Å²) in [5.74, 6) is 1.32. The van der Waals surface area contributed by atoms with Gasteiger partial charge in [-0.05, 0) is 95.1 Å². The van der Waals surface area contributed by atoms with E-state index in [0.717, 1.165) is 22.9 Å². The van der Waals surface area contributed by atoms with Crippen LogP contribution in [0.25, 0.3) is 6.08 Å². The van der Waals surface area contributed by atoms with Crippen LogP contribution in [0.3, 0.4) is 0 Å². The predicted molar refractivity (Wildman–Crippen MR) is 155 cm³/mol. The molecule has 3 aromatic rings. The maximum Gasteiger partial charge on any atom is 0.293 e. The number of carbonyl (C=O) groups excluding carboxylic acids is 2. The van der Waals surface area contributed by atoms with E-state index < -0.39 is 0 Å². The fourth-order valence-electron chi connectivity index (χ4n) is 3.67. The molecule has 3 aromatic carbocycles. The van der Waals surface area contributed by atoms with Crippen molar-refractivity contribution in [3.05, 3.63) is 90.7 Å². The Kier molecular flexibility index (Phi) is 9.65. The molecule has 0 unspecified atom stereocenters. The Balaban J connectivity index is 1.47. The molecule has 4 rings (SSSR count). The van der Waals surface area contributed by atoms with Gasteiger partial charge in [0.15, 0.2) is 11.5 Å². The highest BCUT2D eigenvalue weighted by Crippen LogP contribution is 2.40. The summed E-state index contributed by atoms with van der Waals surface area (Å²) in [6.45, 7) is 4.81. The van der Waals surface area contributed by atoms with Crippen LogP contribution >= 0.6 is 50.9 Å². The molecular formula is C28H24BrCl2NO5S. The molecule has 0 aromatic heterocycles. The molecule has 6 nitrogen and oxygen atoms in total. The minimum Gasteiger partial charge on any atom is -0.492 e. The number of amides is 2. The molecule has 10 heteroatoms. The number of nitrogens with zero attached hydrogens (tertiary/aromatic N) is 1. The Hall–Kier alpha value is -2.65. The molecule has 0 N–H and O–H groups in total. The minimum atomic E-state index is -0.361. The van der Waals surface area contributed by atoms with E-state index in [1.54, 1.807) is 36.4 Å². The summed E-state index contributed by atoms with van der Waals surface area (Å²) >= 11 is 16.7. The van der Waals surface area contributed by atoms with Gasteiger partial charge in [-0.1, -0.05) is 41.4 Å². The molecule has 0 atom stereocenters. The van der Waals surface area contributed by atoms with Gasteiger partial charge in [-0.15, -0.1) is 0 Å². The van der Waals surface area contributed by atoms with Gasteiger partial charge in [0.2, 0.25) is 0 Å². The van der Waals surface area contributed by atoms with Crippen LogP contribution in [0.2, 0.25) is 10.0 Å². The average molecular weight is 637 g/mol. The van der Waals surface area contributed by atoms with E-state index in [4.69, 9.17) is 37.4 Å². The molecule has 198 valence electrons. The Labute approximate surface area is 244 Å². The summed E-state index contributed by atoms with van der Waals surface area (Å²) in [6, 6.07) is 16.4.